The molecular weight excluding hydrogens is 184 g/mol. The molecule has 0 aromatic carbocycles. The molecule has 15 heavy (non-hydrogen) atoms. The Kier molecular flexibility index (Phi) is 3.68. The van der Waals surface area contributed by atoms with E-state index in [1.165, 1.54) is 38.9 Å². The summed E-state index contributed by atoms with van der Waals surface area (Å²) in [6.07, 6.45) is 4.19. The maximum atomic E-state index is 3.51. The van der Waals surface area contributed by atoms with E-state index in [1.807, 2.05) is 0 Å². The number of hydrogen-bond donors (Lipinski definition) is 1. The molecule has 2 heteroatoms. The lowest BCUT2D eigenvalue weighted by Gasteiger charge is -2.41. The minimum atomic E-state index is 0.828. The SMILES string of the molecule is CC(C)C1CCCN1C1CCNCC1C. The number of rotatable bonds is 2. The number of likely N-dealkylation sites (tertiary alicyclic amines) is 1. The Morgan fingerprint density at radius 3 is 2.73 bits per heavy atom. The summed E-state index contributed by atoms with van der Waals surface area (Å²) in [5.74, 6) is 1.66. The van der Waals surface area contributed by atoms with E-state index in [9.17, 15) is 0 Å². The number of hydrogen-bond acceptors (Lipinski definition) is 2. The standard InChI is InChI=1S/C13H26N2/c1-10(2)12-5-4-8-15(12)13-6-7-14-9-11(13)3/h10-14H,4-9H2,1-3H3. The van der Waals surface area contributed by atoms with Gasteiger partial charge in [-0.25, -0.2) is 0 Å². The summed E-state index contributed by atoms with van der Waals surface area (Å²) in [5.41, 5.74) is 0. The van der Waals surface area contributed by atoms with Crippen LogP contribution in [0.4, 0.5) is 0 Å². The van der Waals surface area contributed by atoms with Crippen LogP contribution in [0.5, 0.6) is 0 Å². The van der Waals surface area contributed by atoms with Crippen molar-refractivity contribution in [1.29, 1.82) is 0 Å². The lowest BCUT2D eigenvalue weighted by Crippen LogP contribution is -2.51. The Labute approximate surface area is 94.4 Å². The van der Waals surface area contributed by atoms with Crippen molar-refractivity contribution in [3.05, 3.63) is 0 Å². The van der Waals surface area contributed by atoms with E-state index >= 15 is 0 Å². The van der Waals surface area contributed by atoms with Gasteiger partial charge in [0.2, 0.25) is 0 Å². The summed E-state index contributed by atoms with van der Waals surface area (Å²) in [4.78, 5) is 2.82. The van der Waals surface area contributed by atoms with Crippen LogP contribution in [-0.2, 0) is 0 Å². The minimum absolute atomic E-state index is 0.828. The molecule has 0 aliphatic carbocycles. The van der Waals surface area contributed by atoms with Crippen molar-refractivity contribution in [2.45, 2.75) is 52.1 Å². The first-order valence-electron chi connectivity index (χ1n) is 6.66. The second kappa shape index (κ2) is 4.84. The van der Waals surface area contributed by atoms with E-state index in [0.717, 1.165) is 23.9 Å². The molecule has 0 amide bonds. The van der Waals surface area contributed by atoms with Crippen molar-refractivity contribution < 1.29 is 0 Å². The molecule has 0 spiro atoms. The number of nitrogens with one attached hydrogen (secondary N) is 1. The molecule has 2 aliphatic rings. The zero-order chi connectivity index (χ0) is 10.8. The van der Waals surface area contributed by atoms with E-state index in [4.69, 9.17) is 0 Å². The van der Waals surface area contributed by atoms with Crippen LogP contribution in [0.3, 0.4) is 0 Å². The highest BCUT2D eigenvalue weighted by molar-refractivity contribution is 4.91. The third-order valence-corrected chi connectivity index (χ3v) is 4.28. The van der Waals surface area contributed by atoms with Crippen LogP contribution < -0.4 is 5.32 Å². The Bertz CT molecular complexity index is 203. The van der Waals surface area contributed by atoms with Crippen molar-refractivity contribution in [3.8, 4) is 0 Å². The molecule has 0 saturated carbocycles. The van der Waals surface area contributed by atoms with Gasteiger partial charge < -0.3 is 5.32 Å². The molecule has 2 heterocycles. The van der Waals surface area contributed by atoms with Gasteiger partial charge in [0.25, 0.3) is 0 Å². The lowest BCUT2D eigenvalue weighted by atomic mass is 9.91. The van der Waals surface area contributed by atoms with E-state index < -0.39 is 0 Å². The summed E-state index contributed by atoms with van der Waals surface area (Å²) < 4.78 is 0. The van der Waals surface area contributed by atoms with Crippen LogP contribution in [0.1, 0.15) is 40.0 Å². The quantitative estimate of drug-likeness (QED) is 0.751. The highest BCUT2D eigenvalue weighted by atomic mass is 15.2. The normalized spacial score (nSPS) is 38.8. The average Bonchev–Trinajstić information content (AvgIpc) is 2.67. The van der Waals surface area contributed by atoms with E-state index in [2.05, 4.69) is 31.0 Å². The molecule has 88 valence electrons. The van der Waals surface area contributed by atoms with Gasteiger partial charge in [0.05, 0.1) is 0 Å². The Hall–Kier alpha value is -0.0800. The average molecular weight is 210 g/mol. The Balaban J connectivity index is 2.01. The maximum absolute atomic E-state index is 3.51. The van der Waals surface area contributed by atoms with Gasteiger partial charge in [-0.3, -0.25) is 4.90 Å². The van der Waals surface area contributed by atoms with Gasteiger partial charge in [-0.15, -0.1) is 0 Å². The minimum Gasteiger partial charge on any atom is -0.316 e. The molecule has 3 unspecified atom stereocenters. The molecule has 1 N–H and O–H groups in total. The predicted molar refractivity (Wildman–Crippen MR) is 65.0 cm³/mol. The summed E-state index contributed by atoms with van der Waals surface area (Å²) in [7, 11) is 0. The van der Waals surface area contributed by atoms with Crippen LogP contribution in [0.15, 0.2) is 0 Å². The smallest absolute Gasteiger partial charge is 0.0148 e. The zero-order valence-corrected chi connectivity index (χ0v) is 10.5. The van der Waals surface area contributed by atoms with Crippen molar-refractivity contribution in [2.24, 2.45) is 11.8 Å². The van der Waals surface area contributed by atoms with Gasteiger partial charge in [0, 0.05) is 12.1 Å². The first kappa shape index (κ1) is 11.4. The fraction of sp³-hybridized carbons (Fsp3) is 1.00. The monoisotopic (exact) mass is 210 g/mol. The topological polar surface area (TPSA) is 15.3 Å². The largest absolute Gasteiger partial charge is 0.316 e. The Morgan fingerprint density at radius 2 is 2.07 bits per heavy atom. The molecular formula is C13H26N2. The van der Waals surface area contributed by atoms with Gasteiger partial charge in [-0.1, -0.05) is 20.8 Å². The highest BCUT2D eigenvalue weighted by Gasteiger charge is 2.35. The predicted octanol–water partition coefficient (Wildman–Crippen LogP) is 2.10. The second-order valence-corrected chi connectivity index (χ2v) is 5.73. The van der Waals surface area contributed by atoms with Gasteiger partial charge in [0.1, 0.15) is 0 Å². The lowest BCUT2D eigenvalue weighted by molar-refractivity contribution is 0.0870. The van der Waals surface area contributed by atoms with Gasteiger partial charge in [-0.2, -0.15) is 0 Å². The van der Waals surface area contributed by atoms with Crippen LogP contribution in [0.2, 0.25) is 0 Å². The van der Waals surface area contributed by atoms with E-state index in [1.54, 1.807) is 0 Å². The summed E-state index contributed by atoms with van der Waals surface area (Å²) in [5, 5.41) is 3.51. The first-order chi connectivity index (χ1) is 7.20. The van der Waals surface area contributed by atoms with Crippen LogP contribution in [-0.4, -0.2) is 36.6 Å². The molecule has 2 saturated heterocycles. The highest BCUT2D eigenvalue weighted by Crippen LogP contribution is 2.30. The maximum Gasteiger partial charge on any atom is 0.0148 e. The second-order valence-electron chi connectivity index (χ2n) is 5.73. The number of nitrogens with zero attached hydrogens (tertiary/aromatic N) is 1. The fourth-order valence-electron chi connectivity index (χ4n) is 3.44. The van der Waals surface area contributed by atoms with Crippen molar-refractivity contribution in [3.63, 3.8) is 0 Å². The van der Waals surface area contributed by atoms with Crippen molar-refractivity contribution >= 4 is 0 Å². The molecule has 3 atom stereocenters. The molecule has 0 aromatic rings. The van der Waals surface area contributed by atoms with Crippen molar-refractivity contribution in [1.82, 2.24) is 10.2 Å². The first-order valence-corrected chi connectivity index (χ1v) is 6.66. The van der Waals surface area contributed by atoms with Crippen LogP contribution in [0, 0.1) is 11.8 Å². The third kappa shape index (κ3) is 2.36. The van der Waals surface area contributed by atoms with Gasteiger partial charge in [-0.05, 0) is 50.7 Å². The summed E-state index contributed by atoms with van der Waals surface area (Å²) >= 11 is 0. The van der Waals surface area contributed by atoms with Gasteiger partial charge >= 0.3 is 0 Å². The Morgan fingerprint density at radius 1 is 1.27 bits per heavy atom. The fourth-order valence-corrected chi connectivity index (χ4v) is 3.44. The zero-order valence-electron chi connectivity index (χ0n) is 10.5. The molecule has 2 rings (SSSR count). The van der Waals surface area contributed by atoms with E-state index in [0.29, 0.717) is 0 Å². The summed E-state index contributed by atoms with van der Waals surface area (Å²) in [6.45, 7) is 11.0. The van der Waals surface area contributed by atoms with Crippen molar-refractivity contribution in [2.75, 3.05) is 19.6 Å². The molecule has 2 fully saturated rings. The molecule has 2 aliphatic heterocycles. The molecule has 0 bridgehead atoms. The third-order valence-electron chi connectivity index (χ3n) is 4.28. The van der Waals surface area contributed by atoms with Crippen LogP contribution >= 0.6 is 0 Å². The van der Waals surface area contributed by atoms with Gasteiger partial charge in [0.15, 0.2) is 0 Å². The number of piperidine rings is 1. The molecule has 0 radical (unpaired) electrons. The molecule has 0 aromatic heterocycles. The summed E-state index contributed by atoms with van der Waals surface area (Å²) in [6, 6.07) is 1.71. The van der Waals surface area contributed by atoms with E-state index in [-0.39, 0.29) is 0 Å². The van der Waals surface area contributed by atoms with Crippen LogP contribution in [0.25, 0.3) is 0 Å². The molecule has 2 nitrogen and oxygen atoms in total.